The Labute approximate surface area is 80.5 Å². The monoisotopic (exact) mass is 198 g/mol. The number of esters is 1. The number of nitrogens with zero attached hydrogens (tertiary/aromatic N) is 1. The Morgan fingerprint density at radius 2 is 2.36 bits per heavy atom. The van der Waals surface area contributed by atoms with Crippen LogP contribution in [0.2, 0.25) is 0 Å². The lowest BCUT2D eigenvalue weighted by atomic mass is 10.4. The third-order valence-electron chi connectivity index (χ3n) is 1.67. The number of hydrogen-bond acceptors (Lipinski definition) is 4. The number of ether oxygens (including phenoxy) is 1. The van der Waals surface area contributed by atoms with Gasteiger partial charge in [-0.15, -0.1) is 0 Å². The van der Waals surface area contributed by atoms with E-state index in [1.165, 1.54) is 0 Å². The molecule has 1 N–H and O–H groups in total. The average Bonchev–Trinajstić information content (AvgIpc) is 2.51. The number of rotatable bonds is 3. The van der Waals surface area contributed by atoms with Gasteiger partial charge in [-0.3, -0.25) is 14.5 Å². The summed E-state index contributed by atoms with van der Waals surface area (Å²) in [6.45, 7) is 3.88. The quantitative estimate of drug-likeness (QED) is 0.381. The fraction of sp³-hybridized carbons (Fsp3) is 0.375. The summed E-state index contributed by atoms with van der Waals surface area (Å²) in [6, 6.07) is -0.471. The molecule has 14 heavy (non-hydrogen) atoms. The molecule has 6 heteroatoms. The average molecular weight is 198 g/mol. The summed E-state index contributed by atoms with van der Waals surface area (Å²) in [5.74, 6) is -1.28. The molecule has 0 aromatic carbocycles. The van der Waals surface area contributed by atoms with Crippen LogP contribution in [0.5, 0.6) is 0 Å². The van der Waals surface area contributed by atoms with Crippen molar-refractivity contribution in [1.29, 1.82) is 0 Å². The van der Waals surface area contributed by atoms with Crippen LogP contribution < -0.4 is 5.32 Å². The van der Waals surface area contributed by atoms with Crippen LogP contribution in [-0.4, -0.2) is 35.9 Å². The maximum absolute atomic E-state index is 11.3. The molecule has 0 unspecified atom stereocenters. The number of carbonyl (C=O) groups excluding carboxylic acids is 3. The van der Waals surface area contributed by atoms with Gasteiger partial charge >= 0.3 is 12.0 Å². The molecular weight excluding hydrogens is 188 g/mol. The predicted octanol–water partition coefficient (Wildman–Crippen LogP) is -0.385. The number of imide groups is 1. The third kappa shape index (κ3) is 2.32. The van der Waals surface area contributed by atoms with Gasteiger partial charge in [0, 0.05) is 13.1 Å². The second-order valence-electron chi connectivity index (χ2n) is 2.61. The first-order valence-corrected chi connectivity index (χ1v) is 4.03. The first-order chi connectivity index (χ1) is 6.65. The molecule has 0 atom stereocenters. The zero-order chi connectivity index (χ0) is 10.6. The Morgan fingerprint density at radius 3 is 2.86 bits per heavy atom. The van der Waals surface area contributed by atoms with Gasteiger partial charge in [-0.2, -0.15) is 0 Å². The summed E-state index contributed by atoms with van der Waals surface area (Å²) < 4.78 is 4.35. The number of nitrogens with one attached hydrogen (secondary N) is 1. The van der Waals surface area contributed by atoms with Gasteiger partial charge in [0.2, 0.25) is 5.91 Å². The maximum atomic E-state index is 11.3. The van der Waals surface area contributed by atoms with E-state index in [1.807, 2.05) is 0 Å². The summed E-state index contributed by atoms with van der Waals surface area (Å²) in [4.78, 5) is 34.1. The largest absolute Gasteiger partial charge is 0.435 e. The van der Waals surface area contributed by atoms with Crippen molar-refractivity contribution < 1.29 is 19.1 Å². The van der Waals surface area contributed by atoms with Crippen molar-refractivity contribution in [3.8, 4) is 0 Å². The first kappa shape index (κ1) is 10.2. The molecule has 0 radical (unpaired) electrons. The lowest BCUT2D eigenvalue weighted by Gasteiger charge is -2.10. The first-order valence-electron chi connectivity index (χ1n) is 4.03. The molecule has 1 rings (SSSR count). The smallest absolute Gasteiger partial charge is 0.324 e. The van der Waals surface area contributed by atoms with Crippen LogP contribution in [0.25, 0.3) is 0 Å². The van der Waals surface area contributed by atoms with Crippen LogP contribution in [0.1, 0.15) is 6.42 Å². The third-order valence-corrected chi connectivity index (χ3v) is 1.67. The van der Waals surface area contributed by atoms with Crippen molar-refractivity contribution in [2.24, 2.45) is 0 Å². The van der Waals surface area contributed by atoms with Crippen molar-refractivity contribution in [3.63, 3.8) is 0 Å². The summed E-state index contributed by atoms with van der Waals surface area (Å²) in [5.41, 5.74) is 0. The van der Waals surface area contributed by atoms with Gasteiger partial charge in [0.1, 0.15) is 6.42 Å². The lowest BCUT2D eigenvalue weighted by Crippen LogP contribution is -2.35. The molecule has 1 fully saturated rings. The summed E-state index contributed by atoms with van der Waals surface area (Å²) in [5, 5.41) is 2.45. The zero-order valence-corrected chi connectivity index (χ0v) is 7.49. The van der Waals surface area contributed by atoms with Gasteiger partial charge in [0.25, 0.3) is 0 Å². The lowest BCUT2D eigenvalue weighted by molar-refractivity contribution is -0.143. The SMILES string of the molecule is C=COC(=O)CC(=O)N1CCNC1=O. The van der Waals surface area contributed by atoms with E-state index in [-0.39, 0.29) is 0 Å². The molecule has 0 saturated carbocycles. The minimum atomic E-state index is -0.718. The van der Waals surface area contributed by atoms with Crippen LogP contribution >= 0.6 is 0 Å². The van der Waals surface area contributed by atoms with Crippen molar-refractivity contribution in [2.75, 3.05) is 13.1 Å². The van der Waals surface area contributed by atoms with E-state index in [9.17, 15) is 14.4 Å². The summed E-state index contributed by atoms with van der Waals surface area (Å²) in [7, 11) is 0. The van der Waals surface area contributed by atoms with E-state index in [1.54, 1.807) is 0 Å². The van der Waals surface area contributed by atoms with E-state index >= 15 is 0 Å². The zero-order valence-electron chi connectivity index (χ0n) is 7.49. The fourth-order valence-electron chi connectivity index (χ4n) is 1.06. The highest BCUT2D eigenvalue weighted by atomic mass is 16.5. The Kier molecular flexibility index (Phi) is 3.22. The van der Waals surface area contributed by atoms with Gasteiger partial charge in [-0.1, -0.05) is 6.58 Å². The molecule has 0 aromatic rings. The molecular formula is C8H10N2O4. The van der Waals surface area contributed by atoms with Crippen molar-refractivity contribution in [2.45, 2.75) is 6.42 Å². The van der Waals surface area contributed by atoms with Gasteiger partial charge < -0.3 is 10.1 Å². The number of carbonyl (C=O) groups is 3. The molecule has 1 aliphatic rings. The number of urea groups is 1. The molecule has 76 valence electrons. The minimum Gasteiger partial charge on any atom is -0.435 e. The molecule has 1 aliphatic heterocycles. The van der Waals surface area contributed by atoms with Crippen LogP contribution in [0.4, 0.5) is 4.79 Å². The number of hydrogen-bond donors (Lipinski definition) is 1. The van der Waals surface area contributed by atoms with E-state index in [0.29, 0.717) is 13.1 Å². The Balaban J connectivity index is 2.45. The molecule has 1 saturated heterocycles. The second kappa shape index (κ2) is 4.40. The Bertz CT molecular complexity index is 287. The normalized spacial score (nSPS) is 14.9. The van der Waals surface area contributed by atoms with Crippen molar-refractivity contribution in [1.82, 2.24) is 10.2 Å². The summed E-state index contributed by atoms with van der Waals surface area (Å²) in [6.07, 6.45) is 0.499. The Morgan fingerprint density at radius 1 is 1.64 bits per heavy atom. The Hall–Kier alpha value is -1.85. The highest BCUT2D eigenvalue weighted by Crippen LogP contribution is 2.01. The molecule has 0 spiro atoms. The van der Waals surface area contributed by atoms with Crippen molar-refractivity contribution >= 4 is 17.9 Å². The highest BCUT2D eigenvalue weighted by Gasteiger charge is 2.27. The summed E-state index contributed by atoms with van der Waals surface area (Å²) >= 11 is 0. The van der Waals surface area contributed by atoms with E-state index < -0.39 is 24.3 Å². The standard InChI is InChI=1S/C8H10N2O4/c1-2-14-7(12)5-6(11)10-4-3-9-8(10)13/h2H,1,3-5H2,(H,9,13). The molecule has 6 nitrogen and oxygen atoms in total. The molecule has 1 heterocycles. The molecule has 0 bridgehead atoms. The number of amides is 3. The molecule has 0 aromatic heterocycles. The molecule has 3 amide bonds. The molecule has 0 aliphatic carbocycles. The predicted molar refractivity (Wildman–Crippen MR) is 46.0 cm³/mol. The minimum absolute atomic E-state index is 0.291. The van der Waals surface area contributed by atoms with E-state index in [2.05, 4.69) is 16.6 Å². The van der Waals surface area contributed by atoms with Gasteiger partial charge in [-0.05, 0) is 0 Å². The van der Waals surface area contributed by atoms with Crippen LogP contribution in [0.3, 0.4) is 0 Å². The topological polar surface area (TPSA) is 75.7 Å². The van der Waals surface area contributed by atoms with Gasteiger partial charge in [-0.25, -0.2) is 4.79 Å². The van der Waals surface area contributed by atoms with Crippen molar-refractivity contribution in [3.05, 3.63) is 12.8 Å². The van der Waals surface area contributed by atoms with Crippen LogP contribution in [0, 0.1) is 0 Å². The van der Waals surface area contributed by atoms with E-state index in [4.69, 9.17) is 0 Å². The second-order valence-corrected chi connectivity index (χ2v) is 2.61. The van der Waals surface area contributed by atoms with Gasteiger partial charge in [0.05, 0.1) is 6.26 Å². The van der Waals surface area contributed by atoms with Crippen LogP contribution in [0.15, 0.2) is 12.8 Å². The van der Waals surface area contributed by atoms with Gasteiger partial charge in [0.15, 0.2) is 0 Å². The maximum Gasteiger partial charge on any atom is 0.324 e. The van der Waals surface area contributed by atoms with Crippen LogP contribution in [-0.2, 0) is 14.3 Å². The van der Waals surface area contributed by atoms with E-state index in [0.717, 1.165) is 11.2 Å². The highest BCUT2D eigenvalue weighted by molar-refractivity contribution is 6.03. The fourth-order valence-corrected chi connectivity index (χ4v) is 1.06.